The van der Waals surface area contributed by atoms with E-state index in [0.717, 1.165) is 22.4 Å². The van der Waals surface area contributed by atoms with Gasteiger partial charge in [0, 0.05) is 30.2 Å². The Labute approximate surface area is 146 Å². The van der Waals surface area contributed by atoms with Crippen LogP contribution in [0, 0.1) is 29.6 Å². The van der Waals surface area contributed by atoms with Gasteiger partial charge in [-0.25, -0.2) is 0 Å². The van der Waals surface area contributed by atoms with Crippen LogP contribution < -0.4 is 0 Å². The Morgan fingerprint density at radius 3 is 2.44 bits per heavy atom. The first kappa shape index (κ1) is 16.4. The molecule has 2 heterocycles. The summed E-state index contributed by atoms with van der Waals surface area (Å²) in [5.41, 5.74) is 5.10. The minimum atomic E-state index is -0.182. The summed E-state index contributed by atoms with van der Waals surface area (Å²) in [6.45, 7) is 2.22. The van der Waals surface area contributed by atoms with Crippen LogP contribution in [0.3, 0.4) is 0 Å². The molecular formula is C20H16N4O. The largest absolute Gasteiger partial charge is 0.390 e. The summed E-state index contributed by atoms with van der Waals surface area (Å²) >= 11 is 0. The Kier molecular flexibility index (Phi) is 4.61. The number of aromatic nitrogens is 2. The van der Waals surface area contributed by atoms with E-state index >= 15 is 0 Å². The number of benzene rings is 1. The van der Waals surface area contributed by atoms with Crippen LogP contribution in [-0.4, -0.2) is 14.7 Å². The number of nitriles is 2. The van der Waals surface area contributed by atoms with Gasteiger partial charge in [0.2, 0.25) is 0 Å². The van der Waals surface area contributed by atoms with Gasteiger partial charge < -0.3 is 9.67 Å². The molecule has 0 bridgehead atoms. The van der Waals surface area contributed by atoms with E-state index in [-0.39, 0.29) is 6.61 Å². The summed E-state index contributed by atoms with van der Waals surface area (Å²) in [5, 5.41) is 28.6. The van der Waals surface area contributed by atoms with Crippen LogP contribution in [0.1, 0.15) is 28.1 Å². The number of nitrogens with zero attached hydrogens (tertiary/aromatic N) is 4. The highest BCUT2D eigenvalue weighted by Gasteiger charge is 2.21. The molecule has 2 aromatic heterocycles. The maximum Gasteiger partial charge on any atom is 0.102 e. The Balaban J connectivity index is 2.16. The minimum absolute atomic E-state index is 0.182. The van der Waals surface area contributed by atoms with Crippen molar-refractivity contribution in [1.82, 2.24) is 9.55 Å². The molecule has 3 aromatic rings. The van der Waals surface area contributed by atoms with Crippen molar-refractivity contribution in [3.8, 4) is 23.3 Å². The van der Waals surface area contributed by atoms with Gasteiger partial charge in [0.15, 0.2) is 0 Å². The molecule has 0 aliphatic rings. The molecule has 0 spiro atoms. The molecule has 0 fully saturated rings. The third kappa shape index (κ3) is 3.01. The monoisotopic (exact) mass is 328 g/mol. The molecular weight excluding hydrogens is 312 g/mol. The number of aliphatic hydroxyl groups excluding tert-OH is 1. The number of hydrogen-bond acceptors (Lipinski definition) is 4. The number of pyridine rings is 1. The summed E-state index contributed by atoms with van der Waals surface area (Å²) in [6, 6.07) is 15.2. The molecule has 1 N–H and O–H groups in total. The lowest BCUT2D eigenvalue weighted by atomic mass is 10.00. The molecule has 0 aliphatic heterocycles. The van der Waals surface area contributed by atoms with Gasteiger partial charge in [-0.3, -0.25) is 4.98 Å². The SMILES string of the molecule is Cc1c(C#N)c(-c2ccc(C#N)cc2)c(CO)n1Cc1cccnc1. The van der Waals surface area contributed by atoms with Gasteiger partial charge in [-0.2, -0.15) is 10.5 Å². The average molecular weight is 328 g/mol. The van der Waals surface area contributed by atoms with E-state index in [1.54, 1.807) is 24.5 Å². The van der Waals surface area contributed by atoms with Crippen LogP contribution in [0.4, 0.5) is 0 Å². The summed E-state index contributed by atoms with van der Waals surface area (Å²) in [6.07, 6.45) is 3.48. The summed E-state index contributed by atoms with van der Waals surface area (Å²) in [5.74, 6) is 0. The zero-order chi connectivity index (χ0) is 17.8. The molecule has 122 valence electrons. The van der Waals surface area contributed by atoms with Crippen molar-refractivity contribution in [2.24, 2.45) is 0 Å². The molecule has 25 heavy (non-hydrogen) atoms. The van der Waals surface area contributed by atoms with E-state index in [0.29, 0.717) is 23.4 Å². The highest BCUT2D eigenvalue weighted by molar-refractivity contribution is 5.75. The first-order chi connectivity index (χ1) is 12.2. The number of rotatable bonds is 4. The van der Waals surface area contributed by atoms with E-state index in [1.165, 1.54) is 0 Å². The highest BCUT2D eigenvalue weighted by atomic mass is 16.3. The first-order valence-electron chi connectivity index (χ1n) is 7.82. The fourth-order valence-corrected chi connectivity index (χ4v) is 3.01. The minimum Gasteiger partial charge on any atom is -0.390 e. The topological polar surface area (TPSA) is 85.6 Å². The van der Waals surface area contributed by atoms with Crippen LogP contribution in [0.25, 0.3) is 11.1 Å². The fourth-order valence-electron chi connectivity index (χ4n) is 3.01. The standard InChI is InChI=1S/C20H16N4O/c1-14-18(10-22)20(17-6-4-15(9-21)5-7-17)19(13-25)24(14)12-16-3-2-8-23-11-16/h2-8,11,25H,12-13H2,1H3. The maximum atomic E-state index is 9.97. The van der Waals surface area contributed by atoms with E-state index in [2.05, 4.69) is 17.1 Å². The molecule has 3 rings (SSSR count). The van der Waals surface area contributed by atoms with Crippen LogP contribution in [0.2, 0.25) is 0 Å². The number of aliphatic hydroxyl groups is 1. The smallest absolute Gasteiger partial charge is 0.102 e. The van der Waals surface area contributed by atoms with E-state index in [4.69, 9.17) is 5.26 Å². The second kappa shape index (κ2) is 7.00. The Morgan fingerprint density at radius 2 is 1.88 bits per heavy atom. The van der Waals surface area contributed by atoms with Crippen molar-refractivity contribution >= 4 is 0 Å². The molecule has 0 radical (unpaired) electrons. The van der Waals surface area contributed by atoms with E-state index in [9.17, 15) is 10.4 Å². The summed E-state index contributed by atoms with van der Waals surface area (Å²) in [4.78, 5) is 4.12. The fraction of sp³-hybridized carbons (Fsp3) is 0.150. The molecule has 5 nitrogen and oxygen atoms in total. The lowest BCUT2D eigenvalue weighted by Crippen LogP contribution is -2.07. The van der Waals surface area contributed by atoms with Gasteiger partial charge in [-0.05, 0) is 36.2 Å². The van der Waals surface area contributed by atoms with E-state index in [1.807, 2.05) is 35.8 Å². The molecule has 0 aliphatic carbocycles. The maximum absolute atomic E-state index is 9.97. The average Bonchev–Trinajstić information content (AvgIpc) is 2.93. The third-order valence-electron chi connectivity index (χ3n) is 4.26. The van der Waals surface area contributed by atoms with Crippen molar-refractivity contribution < 1.29 is 5.11 Å². The molecule has 0 amide bonds. The van der Waals surface area contributed by atoms with Gasteiger partial charge in [-0.15, -0.1) is 0 Å². The Morgan fingerprint density at radius 1 is 1.12 bits per heavy atom. The van der Waals surface area contributed by atoms with Crippen LogP contribution in [0.5, 0.6) is 0 Å². The molecule has 0 atom stereocenters. The van der Waals surface area contributed by atoms with Crippen molar-refractivity contribution in [1.29, 1.82) is 10.5 Å². The van der Waals surface area contributed by atoms with Crippen molar-refractivity contribution in [3.05, 3.63) is 76.9 Å². The van der Waals surface area contributed by atoms with Crippen LogP contribution in [0.15, 0.2) is 48.8 Å². The van der Waals surface area contributed by atoms with Gasteiger partial charge in [0.05, 0.1) is 29.5 Å². The van der Waals surface area contributed by atoms with Crippen molar-refractivity contribution in [2.45, 2.75) is 20.1 Å². The lowest BCUT2D eigenvalue weighted by molar-refractivity contribution is 0.272. The molecule has 1 aromatic carbocycles. The van der Waals surface area contributed by atoms with Crippen LogP contribution in [-0.2, 0) is 13.2 Å². The van der Waals surface area contributed by atoms with Crippen LogP contribution >= 0.6 is 0 Å². The zero-order valence-corrected chi connectivity index (χ0v) is 13.8. The second-order valence-corrected chi connectivity index (χ2v) is 5.69. The molecule has 5 heteroatoms. The van der Waals surface area contributed by atoms with Gasteiger partial charge >= 0.3 is 0 Å². The van der Waals surface area contributed by atoms with Gasteiger partial charge in [0.25, 0.3) is 0 Å². The quantitative estimate of drug-likeness (QED) is 0.797. The summed E-state index contributed by atoms with van der Waals surface area (Å²) in [7, 11) is 0. The number of hydrogen-bond donors (Lipinski definition) is 1. The molecule has 0 unspecified atom stereocenters. The zero-order valence-electron chi connectivity index (χ0n) is 13.8. The van der Waals surface area contributed by atoms with Gasteiger partial charge in [0.1, 0.15) is 6.07 Å². The summed E-state index contributed by atoms with van der Waals surface area (Å²) < 4.78 is 1.95. The predicted molar refractivity (Wildman–Crippen MR) is 93.3 cm³/mol. The van der Waals surface area contributed by atoms with Crippen molar-refractivity contribution in [3.63, 3.8) is 0 Å². The Bertz CT molecular complexity index is 974. The first-order valence-corrected chi connectivity index (χ1v) is 7.82. The third-order valence-corrected chi connectivity index (χ3v) is 4.26. The Hall–Kier alpha value is -3.41. The molecule has 0 saturated heterocycles. The lowest BCUT2D eigenvalue weighted by Gasteiger charge is -2.11. The van der Waals surface area contributed by atoms with Gasteiger partial charge in [-0.1, -0.05) is 18.2 Å². The van der Waals surface area contributed by atoms with Crippen molar-refractivity contribution in [2.75, 3.05) is 0 Å². The normalized spacial score (nSPS) is 10.2. The van der Waals surface area contributed by atoms with E-state index < -0.39 is 0 Å². The second-order valence-electron chi connectivity index (χ2n) is 5.69. The predicted octanol–water partition coefficient (Wildman–Crippen LogP) is 3.14. The highest BCUT2D eigenvalue weighted by Crippen LogP contribution is 2.33. The molecule has 0 saturated carbocycles.